The Morgan fingerprint density at radius 3 is 1.63 bits per heavy atom. The summed E-state index contributed by atoms with van der Waals surface area (Å²) < 4.78 is 48.0. The fourth-order valence-corrected chi connectivity index (χ4v) is 6.65. The van der Waals surface area contributed by atoms with Gasteiger partial charge < -0.3 is 4.42 Å². The van der Waals surface area contributed by atoms with Gasteiger partial charge in [0.15, 0.2) is 0 Å². The standard InChI is InChI=1S/C42H26O/c1-2-11-27(12-3-1)28-21-23-30(24-22-28)39-32-15-6-8-17-34(32)40(35-18-9-7-16-33(35)39)38-20-10-19-36-37-26-25-29-13-4-5-14-31(29)41(37)43-42(36)38/h1-26H/i1D,2D,3D,11D,12D. The van der Waals surface area contributed by atoms with E-state index in [0.29, 0.717) is 5.56 Å². The van der Waals surface area contributed by atoms with Crippen molar-refractivity contribution in [3.05, 3.63) is 158 Å². The lowest BCUT2D eigenvalue weighted by Crippen LogP contribution is -1.91. The lowest BCUT2D eigenvalue weighted by molar-refractivity contribution is 0.674. The Labute approximate surface area is 256 Å². The van der Waals surface area contributed by atoms with Gasteiger partial charge in [0.1, 0.15) is 11.2 Å². The van der Waals surface area contributed by atoms with Gasteiger partial charge in [0.05, 0.1) is 6.85 Å². The summed E-state index contributed by atoms with van der Waals surface area (Å²) in [7, 11) is 0. The van der Waals surface area contributed by atoms with Crippen molar-refractivity contribution in [1.82, 2.24) is 0 Å². The van der Waals surface area contributed by atoms with Crippen LogP contribution in [0.4, 0.5) is 0 Å². The van der Waals surface area contributed by atoms with Crippen molar-refractivity contribution in [1.29, 1.82) is 0 Å². The molecule has 0 aliphatic carbocycles. The molecule has 43 heavy (non-hydrogen) atoms. The summed E-state index contributed by atoms with van der Waals surface area (Å²) in [6.07, 6.45) is 0. The average molecular weight is 552 g/mol. The minimum absolute atomic E-state index is 0.198. The van der Waals surface area contributed by atoms with E-state index in [9.17, 15) is 0 Å². The number of hydrogen-bond acceptors (Lipinski definition) is 1. The second kappa shape index (κ2) is 9.44. The van der Waals surface area contributed by atoms with Crippen molar-refractivity contribution in [2.75, 3.05) is 0 Å². The Morgan fingerprint density at radius 1 is 0.372 bits per heavy atom. The van der Waals surface area contributed by atoms with Crippen LogP contribution in [0.25, 0.3) is 87.6 Å². The van der Waals surface area contributed by atoms with Crippen LogP contribution in [-0.2, 0) is 0 Å². The minimum atomic E-state index is -0.393. The monoisotopic (exact) mass is 551 g/mol. The van der Waals surface area contributed by atoms with Gasteiger partial charge in [-0.2, -0.15) is 0 Å². The van der Waals surface area contributed by atoms with E-state index in [1.54, 1.807) is 0 Å². The number of rotatable bonds is 3. The van der Waals surface area contributed by atoms with Gasteiger partial charge in [-0.1, -0.05) is 152 Å². The number of furan rings is 1. The van der Waals surface area contributed by atoms with Gasteiger partial charge >= 0.3 is 0 Å². The third-order valence-corrected chi connectivity index (χ3v) is 8.55. The molecule has 1 nitrogen and oxygen atoms in total. The molecule has 0 atom stereocenters. The molecular weight excluding hydrogens is 520 g/mol. The molecule has 9 rings (SSSR count). The maximum Gasteiger partial charge on any atom is 0.143 e. The van der Waals surface area contributed by atoms with E-state index in [1.165, 1.54) is 0 Å². The normalized spacial score (nSPS) is 13.3. The van der Waals surface area contributed by atoms with Crippen molar-refractivity contribution >= 4 is 54.3 Å². The summed E-state index contributed by atoms with van der Waals surface area (Å²) >= 11 is 0. The average Bonchev–Trinajstić information content (AvgIpc) is 3.52. The topological polar surface area (TPSA) is 13.1 Å². The highest BCUT2D eigenvalue weighted by Gasteiger charge is 2.20. The first kappa shape index (κ1) is 19.5. The Morgan fingerprint density at radius 2 is 0.930 bits per heavy atom. The van der Waals surface area contributed by atoms with Crippen molar-refractivity contribution < 1.29 is 11.3 Å². The molecular formula is C42H26O. The van der Waals surface area contributed by atoms with Crippen LogP contribution >= 0.6 is 0 Å². The molecule has 9 aromatic rings. The largest absolute Gasteiger partial charge is 0.455 e. The molecule has 0 aliphatic heterocycles. The van der Waals surface area contributed by atoms with Crippen molar-refractivity contribution in [3.63, 3.8) is 0 Å². The Kier molecular flexibility index (Phi) is 4.27. The van der Waals surface area contributed by atoms with Gasteiger partial charge in [0, 0.05) is 27.3 Å². The van der Waals surface area contributed by atoms with Crippen molar-refractivity contribution in [2.24, 2.45) is 0 Å². The van der Waals surface area contributed by atoms with Crippen LogP contribution in [-0.4, -0.2) is 0 Å². The van der Waals surface area contributed by atoms with Gasteiger partial charge in [-0.15, -0.1) is 0 Å². The summed E-state index contributed by atoms with van der Waals surface area (Å²) in [5, 5.41) is 8.76. The molecule has 0 radical (unpaired) electrons. The second-order valence-electron chi connectivity index (χ2n) is 10.9. The first-order valence-corrected chi connectivity index (χ1v) is 14.4. The zero-order valence-corrected chi connectivity index (χ0v) is 23.0. The summed E-state index contributed by atoms with van der Waals surface area (Å²) in [5.41, 5.74) is 6.70. The number of benzene rings is 8. The van der Waals surface area contributed by atoms with Crippen LogP contribution in [0.2, 0.25) is 0 Å². The number of hydrogen-bond donors (Lipinski definition) is 0. The first-order chi connectivity index (χ1) is 23.4. The van der Waals surface area contributed by atoms with Crippen molar-refractivity contribution in [2.45, 2.75) is 0 Å². The third-order valence-electron chi connectivity index (χ3n) is 8.55. The van der Waals surface area contributed by atoms with Crippen LogP contribution in [0.5, 0.6) is 0 Å². The molecule has 0 aliphatic rings. The number of para-hydroxylation sites is 1. The lowest BCUT2D eigenvalue weighted by atomic mass is 9.85. The SMILES string of the molecule is [2H]c1c([2H])c([2H])c(-c2ccc(-c3c4ccccc4c(-c4cccc5c4oc4c6ccccc6ccc54)c4ccccc34)cc2)c([2H])c1[2H]. The number of fused-ring (bicyclic) bond motifs is 7. The van der Waals surface area contributed by atoms with E-state index in [-0.39, 0.29) is 29.7 Å². The maximum atomic E-state index is 8.46. The summed E-state index contributed by atoms with van der Waals surface area (Å²) in [6.45, 7) is 0. The van der Waals surface area contributed by atoms with E-state index in [0.717, 1.165) is 76.5 Å². The van der Waals surface area contributed by atoms with Gasteiger partial charge in [-0.3, -0.25) is 0 Å². The zero-order chi connectivity index (χ0) is 32.7. The fraction of sp³-hybridized carbons (Fsp3) is 0. The molecule has 0 fully saturated rings. The molecule has 0 saturated heterocycles. The smallest absolute Gasteiger partial charge is 0.143 e. The molecule has 0 amide bonds. The molecule has 1 heteroatoms. The predicted octanol–water partition coefficient (Wildman–Crippen LogP) is 12.0. The van der Waals surface area contributed by atoms with E-state index in [4.69, 9.17) is 11.3 Å². The Bertz CT molecular complexity index is 2690. The highest BCUT2D eigenvalue weighted by atomic mass is 16.3. The molecule has 1 aromatic heterocycles. The van der Waals surface area contributed by atoms with Gasteiger partial charge in [0.25, 0.3) is 0 Å². The second-order valence-corrected chi connectivity index (χ2v) is 10.9. The van der Waals surface area contributed by atoms with E-state index >= 15 is 0 Å². The summed E-state index contributed by atoms with van der Waals surface area (Å²) in [6, 6.07) is 42.1. The van der Waals surface area contributed by atoms with Crippen LogP contribution in [0.15, 0.2) is 162 Å². The Hall–Kier alpha value is -5.66. The molecule has 0 bridgehead atoms. The molecule has 0 unspecified atom stereocenters. The highest BCUT2D eigenvalue weighted by molar-refractivity contribution is 6.25. The van der Waals surface area contributed by atoms with E-state index in [1.807, 2.05) is 36.4 Å². The third kappa shape index (κ3) is 3.65. The van der Waals surface area contributed by atoms with Crippen LogP contribution in [0.3, 0.4) is 0 Å². The predicted molar refractivity (Wildman–Crippen MR) is 183 cm³/mol. The zero-order valence-electron chi connectivity index (χ0n) is 28.0. The summed E-state index contributed by atoms with van der Waals surface area (Å²) in [5.74, 6) is 0. The van der Waals surface area contributed by atoms with E-state index in [2.05, 4.69) is 91.0 Å². The van der Waals surface area contributed by atoms with Gasteiger partial charge in [0.2, 0.25) is 0 Å². The van der Waals surface area contributed by atoms with Crippen LogP contribution in [0, 0.1) is 0 Å². The molecule has 8 aromatic carbocycles. The maximum absolute atomic E-state index is 8.46. The minimum Gasteiger partial charge on any atom is -0.455 e. The molecule has 200 valence electrons. The summed E-state index contributed by atoms with van der Waals surface area (Å²) in [4.78, 5) is 0. The first-order valence-electron chi connectivity index (χ1n) is 16.9. The van der Waals surface area contributed by atoms with Crippen LogP contribution < -0.4 is 0 Å². The Balaban J connectivity index is 1.30. The highest BCUT2D eigenvalue weighted by Crippen LogP contribution is 2.47. The molecule has 0 N–H and O–H groups in total. The van der Waals surface area contributed by atoms with Gasteiger partial charge in [-0.05, 0) is 55.3 Å². The molecule has 0 spiro atoms. The lowest BCUT2D eigenvalue weighted by Gasteiger charge is -2.18. The van der Waals surface area contributed by atoms with E-state index < -0.39 is 6.04 Å². The molecule has 1 heterocycles. The van der Waals surface area contributed by atoms with Crippen LogP contribution in [0.1, 0.15) is 6.85 Å². The van der Waals surface area contributed by atoms with Gasteiger partial charge in [-0.25, -0.2) is 0 Å². The fourth-order valence-electron chi connectivity index (χ4n) is 6.65. The quantitative estimate of drug-likeness (QED) is 0.199. The van der Waals surface area contributed by atoms with Crippen molar-refractivity contribution in [3.8, 4) is 33.4 Å². The molecule has 0 saturated carbocycles.